The van der Waals surface area contributed by atoms with Crippen LogP contribution in [-0.4, -0.2) is 5.78 Å². The van der Waals surface area contributed by atoms with Crippen molar-refractivity contribution >= 4 is 17.4 Å². The molecule has 0 aromatic heterocycles. The average molecular weight is 321 g/mol. The SMILES string of the molecule is O=C(Cc1cccc(Cl)c1)c1c(F)c(F)c(F)c(F)c1F. The normalized spacial score (nSPS) is 10.8. The largest absolute Gasteiger partial charge is 0.294 e. The maximum atomic E-state index is 13.5. The van der Waals surface area contributed by atoms with Crippen LogP contribution in [0, 0.1) is 29.1 Å². The summed E-state index contributed by atoms with van der Waals surface area (Å²) in [6.07, 6.45) is -0.543. The Hall–Kier alpha value is -1.95. The van der Waals surface area contributed by atoms with Gasteiger partial charge in [-0.2, -0.15) is 0 Å². The van der Waals surface area contributed by atoms with Crippen molar-refractivity contribution in [3.8, 4) is 0 Å². The molecule has 2 aromatic carbocycles. The maximum absolute atomic E-state index is 13.5. The van der Waals surface area contributed by atoms with Crippen molar-refractivity contribution in [3.63, 3.8) is 0 Å². The minimum atomic E-state index is -2.30. The van der Waals surface area contributed by atoms with Crippen LogP contribution in [0.4, 0.5) is 22.0 Å². The molecule has 0 aliphatic carbocycles. The number of carbonyl (C=O) groups is 1. The van der Waals surface area contributed by atoms with E-state index in [-0.39, 0.29) is 10.6 Å². The zero-order chi connectivity index (χ0) is 15.7. The maximum Gasteiger partial charge on any atom is 0.200 e. The highest BCUT2D eigenvalue weighted by Crippen LogP contribution is 2.24. The molecule has 0 fully saturated rings. The predicted octanol–water partition coefficient (Wildman–Crippen LogP) is 4.46. The van der Waals surface area contributed by atoms with Gasteiger partial charge in [-0.1, -0.05) is 23.7 Å². The molecule has 0 amide bonds. The van der Waals surface area contributed by atoms with E-state index in [1.807, 2.05) is 0 Å². The van der Waals surface area contributed by atoms with Crippen LogP contribution in [0.2, 0.25) is 5.02 Å². The van der Waals surface area contributed by atoms with Gasteiger partial charge in [0.25, 0.3) is 0 Å². The molecule has 0 aliphatic rings. The van der Waals surface area contributed by atoms with Gasteiger partial charge in [-0.15, -0.1) is 0 Å². The lowest BCUT2D eigenvalue weighted by Gasteiger charge is -2.07. The van der Waals surface area contributed by atoms with Crippen LogP contribution in [0.25, 0.3) is 0 Å². The Kier molecular flexibility index (Phi) is 4.27. The van der Waals surface area contributed by atoms with Crippen molar-refractivity contribution < 1.29 is 26.7 Å². The lowest BCUT2D eigenvalue weighted by atomic mass is 10.0. The Balaban J connectivity index is 2.45. The Labute approximate surface area is 121 Å². The first-order valence-electron chi connectivity index (χ1n) is 5.62. The lowest BCUT2D eigenvalue weighted by Crippen LogP contribution is -2.14. The Morgan fingerprint density at radius 1 is 0.905 bits per heavy atom. The molecular weight excluding hydrogens is 315 g/mol. The van der Waals surface area contributed by atoms with Crippen molar-refractivity contribution in [2.24, 2.45) is 0 Å². The van der Waals surface area contributed by atoms with Gasteiger partial charge in [0, 0.05) is 11.4 Å². The van der Waals surface area contributed by atoms with E-state index >= 15 is 0 Å². The summed E-state index contributed by atoms with van der Waals surface area (Å²) >= 11 is 5.68. The summed E-state index contributed by atoms with van der Waals surface area (Å²) < 4.78 is 65.9. The van der Waals surface area contributed by atoms with Gasteiger partial charge in [0.05, 0.1) is 5.56 Å². The monoisotopic (exact) mass is 320 g/mol. The minimum Gasteiger partial charge on any atom is -0.294 e. The molecule has 0 unspecified atom stereocenters. The van der Waals surface area contributed by atoms with Gasteiger partial charge in [0.2, 0.25) is 5.82 Å². The molecule has 21 heavy (non-hydrogen) atoms. The highest BCUT2D eigenvalue weighted by molar-refractivity contribution is 6.30. The highest BCUT2D eigenvalue weighted by atomic mass is 35.5. The van der Waals surface area contributed by atoms with E-state index in [2.05, 4.69) is 0 Å². The standard InChI is InChI=1S/C14H6ClF5O/c15-7-3-1-2-6(4-7)5-8(21)9-10(16)12(18)14(20)13(19)11(9)17/h1-4H,5H2. The first-order valence-corrected chi connectivity index (χ1v) is 5.99. The second kappa shape index (κ2) is 5.81. The lowest BCUT2D eigenvalue weighted by molar-refractivity contribution is 0.0981. The third-order valence-corrected chi connectivity index (χ3v) is 2.98. The summed E-state index contributed by atoms with van der Waals surface area (Å²) in [5.41, 5.74) is -1.16. The number of Topliss-reactive ketones (excluding diaryl/α,β-unsaturated/α-hetero) is 1. The van der Waals surface area contributed by atoms with Crippen LogP contribution in [0.1, 0.15) is 15.9 Å². The van der Waals surface area contributed by atoms with Gasteiger partial charge in [0.15, 0.2) is 29.1 Å². The fourth-order valence-electron chi connectivity index (χ4n) is 1.77. The number of carbonyl (C=O) groups excluding carboxylic acids is 1. The Morgan fingerprint density at radius 2 is 1.43 bits per heavy atom. The summed E-state index contributed by atoms with van der Waals surface area (Å²) in [7, 11) is 0. The third kappa shape index (κ3) is 2.90. The topological polar surface area (TPSA) is 17.1 Å². The van der Waals surface area contributed by atoms with Crippen LogP contribution in [0.5, 0.6) is 0 Å². The first-order chi connectivity index (χ1) is 9.82. The molecule has 1 nitrogen and oxygen atoms in total. The van der Waals surface area contributed by atoms with Crippen molar-refractivity contribution in [2.75, 3.05) is 0 Å². The Morgan fingerprint density at radius 3 is 1.95 bits per heavy atom. The fourth-order valence-corrected chi connectivity index (χ4v) is 1.98. The number of hydrogen-bond acceptors (Lipinski definition) is 1. The summed E-state index contributed by atoms with van der Waals surface area (Å²) in [6.45, 7) is 0. The number of ketones is 1. The van der Waals surface area contributed by atoms with E-state index in [4.69, 9.17) is 11.6 Å². The summed E-state index contributed by atoms with van der Waals surface area (Å²) in [5.74, 6) is -12.1. The van der Waals surface area contributed by atoms with Crippen molar-refractivity contribution in [2.45, 2.75) is 6.42 Å². The molecule has 110 valence electrons. The van der Waals surface area contributed by atoms with E-state index < -0.39 is 46.9 Å². The molecule has 0 saturated carbocycles. The molecule has 0 aliphatic heterocycles. The van der Waals surface area contributed by atoms with E-state index in [1.165, 1.54) is 24.3 Å². The number of halogens is 6. The molecule has 0 heterocycles. The molecule has 7 heteroatoms. The quantitative estimate of drug-likeness (QED) is 0.353. The molecular formula is C14H6ClF5O. The van der Waals surface area contributed by atoms with E-state index in [1.54, 1.807) is 0 Å². The predicted molar refractivity (Wildman–Crippen MR) is 65.7 cm³/mol. The molecule has 0 atom stereocenters. The van der Waals surface area contributed by atoms with Crippen LogP contribution in [0.3, 0.4) is 0 Å². The van der Waals surface area contributed by atoms with Gasteiger partial charge in [-0.25, -0.2) is 22.0 Å². The van der Waals surface area contributed by atoms with Crippen molar-refractivity contribution in [3.05, 3.63) is 69.5 Å². The Bertz CT molecular complexity index is 701. The average Bonchev–Trinajstić information content (AvgIpc) is 2.43. The van der Waals surface area contributed by atoms with Gasteiger partial charge < -0.3 is 0 Å². The first kappa shape index (κ1) is 15.4. The second-order valence-electron chi connectivity index (χ2n) is 4.17. The molecule has 2 aromatic rings. The molecule has 0 radical (unpaired) electrons. The van der Waals surface area contributed by atoms with Gasteiger partial charge in [0.1, 0.15) is 0 Å². The molecule has 0 N–H and O–H groups in total. The summed E-state index contributed by atoms with van der Waals surface area (Å²) in [5, 5.41) is 0.276. The van der Waals surface area contributed by atoms with E-state index in [9.17, 15) is 26.7 Å². The smallest absolute Gasteiger partial charge is 0.200 e. The minimum absolute atomic E-state index is 0.276. The van der Waals surface area contributed by atoms with Crippen LogP contribution < -0.4 is 0 Å². The van der Waals surface area contributed by atoms with Gasteiger partial charge >= 0.3 is 0 Å². The van der Waals surface area contributed by atoms with Crippen LogP contribution in [-0.2, 0) is 6.42 Å². The second-order valence-corrected chi connectivity index (χ2v) is 4.61. The van der Waals surface area contributed by atoms with Crippen molar-refractivity contribution in [1.29, 1.82) is 0 Å². The number of rotatable bonds is 3. The van der Waals surface area contributed by atoms with Gasteiger partial charge in [-0.3, -0.25) is 4.79 Å². The zero-order valence-corrected chi connectivity index (χ0v) is 10.9. The highest BCUT2D eigenvalue weighted by Gasteiger charge is 2.29. The summed E-state index contributed by atoms with van der Waals surface area (Å²) in [4.78, 5) is 11.8. The van der Waals surface area contributed by atoms with E-state index in [0.29, 0.717) is 0 Å². The molecule has 0 saturated heterocycles. The molecule has 2 rings (SSSR count). The zero-order valence-electron chi connectivity index (χ0n) is 10.2. The fraction of sp³-hybridized carbons (Fsp3) is 0.0714. The van der Waals surface area contributed by atoms with Crippen molar-refractivity contribution in [1.82, 2.24) is 0 Å². The van der Waals surface area contributed by atoms with E-state index in [0.717, 1.165) is 0 Å². The number of benzene rings is 2. The number of hydrogen-bond donors (Lipinski definition) is 0. The molecule has 0 spiro atoms. The third-order valence-electron chi connectivity index (χ3n) is 2.74. The van der Waals surface area contributed by atoms with Crippen LogP contribution in [0.15, 0.2) is 24.3 Å². The van der Waals surface area contributed by atoms with Gasteiger partial charge in [-0.05, 0) is 17.7 Å². The van der Waals surface area contributed by atoms with Crippen LogP contribution >= 0.6 is 11.6 Å². The summed E-state index contributed by atoms with van der Waals surface area (Å²) in [6, 6.07) is 5.79. The molecule has 0 bridgehead atoms.